The van der Waals surface area contributed by atoms with Crippen molar-refractivity contribution in [1.29, 1.82) is 5.26 Å². The first-order chi connectivity index (χ1) is 16.3. The molecule has 0 radical (unpaired) electrons. The van der Waals surface area contributed by atoms with Crippen molar-refractivity contribution in [1.82, 2.24) is 14.3 Å². The highest BCUT2D eigenvalue weighted by Gasteiger charge is 2.22. The zero-order valence-electron chi connectivity index (χ0n) is 18.9. The Kier molecular flexibility index (Phi) is 8.20. The molecule has 0 bridgehead atoms. The van der Waals surface area contributed by atoms with Gasteiger partial charge in [-0.2, -0.15) is 5.26 Å². The van der Waals surface area contributed by atoms with Gasteiger partial charge in [0.05, 0.1) is 18.0 Å². The van der Waals surface area contributed by atoms with E-state index in [1.165, 1.54) is 24.0 Å². The van der Waals surface area contributed by atoms with Gasteiger partial charge in [0.25, 0.3) is 10.0 Å². The third-order valence-electron chi connectivity index (χ3n) is 4.88. The van der Waals surface area contributed by atoms with Gasteiger partial charge in [0, 0.05) is 12.0 Å². The Hall–Kier alpha value is -3.49. The first-order valence-electron chi connectivity index (χ1n) is 10.4. The fraction of sp³-hybridized carbons (Fsp3) is 0.261. The predicted octanol–water partition coefficient (Wildman–Crippen LogP) is 4.18. The Morgan fingerprint density at radius 3 is 2.50 bits per heavy atom. The second kappa shape index (κ2) is 11.1. The average Bonchev–Trinajstić information content (AvgIpc) is 3.15. The van der Waals surface area contributed by atoms with Crippen molar-refractivity contribution in [3.63, 3.8) is 0 Å². The molecule has 178 valence electrons. The molecule has 9 nitrogen and oxygen atoms in total. The van der Waals surface area contributed by atoms with Gasteiger partial charge in [-0.1, -0.05) is 49.4 Å². The molecule has 1 N–H and O–H groups in total. The molecule has 0 amide bonds. The van der Waals surface area contributed by atoms with E-state index in [4.69, 9.17) is 14.7 Å². The summed E-state index contributed by atoms with van der Waals surface area (Å²) in [6.45, 7) is 4.26. The lowest BCUT2D eigenvalue weighted by atomic mass is 10.0. The van der Waals surface area contributed by atoms with Gasteiger partial charge in [-0.25, -0.2) is 22.9 Å². The van der Waals surface area contributed by atoms with Crippen molar-refractivity contribution in [3.8, 4) is 23.2 Å². The third kappa shape index (κ3) is 5.52. The highest BCUT2D eigenvalue weighted by molar-refractivity contribution is 7.98. The number of rotatable bonds is 9. The largest absolute Gasteiger partial charge is 0.515 e. The number of carbonyl (C=O) groups excluding carboxylic acids is 1. The van der Waals surface area contributed by atoms with Crippen molar-refractivity contribution in [2.45, 2.75) is 36.7 Å². The van der Waals surface area contributed by atoms with Gasteiger partial charge >= 0.3 is 6.16 Å². The molecule has 0 spiro atoms. The van der Waals surface area contributed by atoms with E-state index in [0.29, 0.717) is 35.0 Å². The summed E-state index contributed by atoms with van der Waals surface area (Å²) >= 11 is 1.37. The molecule has 1 heterocycles. The Labute approximate surface area is 202 Å². The fourth-order valence-corrected chi connectivity index (χ4v) is 4.86. The topological polar surface area (TPSA) is 123 Å². The number of hydrogen-bond acceptors (Lipinski definition) is 8. The van der Waals surface area contributed by atoms with Gasteiger partial charge in [-0.15, -0.1) is 11.8 Å². The van der Waals surface area contributed by atoms with Crippen LogP contribution in [0.2, 0.25) is 0 Å². The quantitative estimate of drug-likeness (QED) is 0.201. The van der Waals surface area contributed by atoms with Crippen LogP contribution in [-0.4, -0.2) is 37.0 Å². The van der Waals surface area contributed by atoms with Gasteiger partial charge in [0.15, 0.2) is 11.2 Å². The molecule has 34 heavy (non-hydrogen) atoms. The fourth-order valence-electron chi connectivity index (χ4n) is 3.38. The SMILES string of the molecule is CCOC(=O)Oc1c(SC)nc(CC)n1Cc1ccc(-c2ccccc2S(=O)(=O)NC#N)cc1. The van der Waals surface area contributed by atoms with E-state index in [0.717, 1.165) is 11.4 Å². The monoisotopic (exact) mass is 500 g/mol. The van der Waals surface area contributed by atoms with Crippen LogP contribution in [0.3, 0.4) is 0 Å². The molecule has 2 aromatic carbocycles. The van der Waals surface area contributed by atoms with E-state index in [1.54, 1.807) is 37.3 Å². The number of ether oxygens (including phenoxy) is 2. The van der Waals surface area contributed by atoms with E-state index >= 15 is 0 Å². The number of nitrogens with zero attached hydrogens (tertiary/aromatic N) is 3. The summed E-state index contributed by atoms with van der Waals surface area (Å²) in [5, 5.41) is 9.37. The van der Waals surface area contributed by atoms with Gasteiger partial charge < -0.3 is 9.47 Å². The number of thioether (sulfide) groups is 1. The number of aryl methyl sites for hydroxylation is 1. The van der Waals surface area contributed by atoms with Crippen molar-refractivity contribution in [2.75, 3.05) is 12.9 Å². The summed E-state index contributed by atoms with van der Waals surface area (Å²) in [5.41, 5.74) is 2.05. The van der Waals surface area contributed by atoms with Crippen molar-refractivity contribution in [2.24, 2.45) is 0 Å². The van der Waals surface area contributed by atoms with Gasteiger partial charge in [0.1, 0.15) is 5.82 Å². The highest BCUT2D eigenvalue weighted by Crippen LogP contribution is 2.31. The van der Waals surface area contributed by atoms with E-state index in [9.17, 15) is 13.2 Å². The minimum Gasteiger partial charge on any atom is -0.434 e. The summed E-state index contributed by atoms with van der Waals surface area (Å²) in [6.07, 6.45) is 3.17. The van der Waals surface area contributed by atoms with Crippen LogP contribution in [0.15, 0.2) is 58.5 Å². The Bertz CT molecular complexity index is 1310. The lowest BCUT2D eigenvalue weighted by Gasteiger charge is -2.13. The lowest BCUT2D eigenvalue weighted by Crippen LogP contribution is -2.18. The molecule has 3 aromatic rings. The molecule has 0 saturated heterocycles. The highest BCUT2D eigenvalue weighted by atomic mass is 32.2. The first kappa shape index (κ1) is 25.1. The summed E-state index contributed by atoms with van der Waals surface area (Å²) in [4.78, 5) is 16.6. The van der Waals surface area contributed by atoms with Crippen LogP contribution >= 0.6 is 11.8 Å². The van der Waals surface area contributed by atoms with Gasteiger partial charge in [-0.05, 0) is 30.4 Å². The summed E-state index contributed by atoms with van der Waals surface area (Å²) in [7, 11) is -3.97. The number of imidazole rings is 1. The summed E-state index contributed by atoms with van der Waals surface area (Å²) in [6, 6.07) is 13.8. The van der Waals surface area contributed by atoms with Gasteiger partial charge in [-0.3, -0.25) is 4.57 Å². The van der Waals surface area contributed by atoms with E-state index in [2.05, 4.69) is 4.98 Å². The molecule has 3 rings (SSSR count). The molecule has 0 saturated carbocycles. The number of aromatic nitrogens is 2. The Balaban J connectivity index is 1.95. The van der Waals surface area contributed by atoms with Gasteiger partial charge in [0.2, 0.25) is 5.88 Å². The second-order valence-electron chi connectivity index (χ2n) is 6.98. The zero-order valence-corrected chi connectivity index (χ0v) is 20.6. The molecule has 0 fully saturated rings. The zero-order chi connectivity index (χ0) is 24.7. The summed E-state index contributed by atoms with van der Waals surface area (Å²) in [5.74, 6) is 1.08. The van der Waals surface area contributed by atoms with Crippen LogP contribution in [0.25, 0.3) is 11.1 Å². The van der Waals surface area contributed by atoms with Crippen LogP contribution in [0.1, 0.15) is 25.2 Å². The maximum Gasteiger partial charge on any atom is 0.515 e. The first-order valence-corrected chi connectivity index (χ1v) is 13.1. The van der Waals surface area contributed by atoms with Crippen LogP contribution < -0.4 is 9.46 Å². The second-order valence-corrected chi connectivity index (χ2v) is 9.42. The van der Waals surface area contributed by atoms with Crippen LogP contribution in [0, 0.1) is 11.5 Å². The minimum atomic E-state index is -3.97. The molecule has 0 aliphatic rings. The molecule has 0 aliphatic carbocycles. The molecule has 0 unspecified atom stereocenters. The van der Waals surface area contributed by atoms with Crippen LogP contribution in [0.5, 0.6) is 5.88 Å². The lowest BCUT2D eigenvalue weighted by molar-refractivity contribution is 0.0998. The van der Waals surface area contributed by atoms with Crippen molar-refractivity contribution in [3.05, 3.63) is 59.9 Å². The Morgan fingerprint density at radius 1 is 1.18 bits per heavy atom. The van der Waals surface area contributed by atoms with E-state index < -0.39 is 16.2 Å². The smallest absolute Gasteiger partial charge is 0.434 e. The van der Waals surface area contributed by atoms with Crippen LogP contribution in [0.4, 0.5) is 4.79 Å². The van der Waals surface area contributed by atoms with Crippen LogP contribution in [-0.2, 0) is 27.7 Å². The maximum atomic E-state index is 12.4. The number of carbonyl (C=O) groups is 1. The molecular formula is C23H24N4O5S2. The van der Waals surface area contributed by atoms with Crippen molar-refractivity contribution < 1.29 is 22.7 Å². The maximum absolute atomic E-state index is 12.4. The molecule has 11 heteroatoms. The number of sulfonamides is 1. The summed E-state index contributed by atoms with van der Waals surface area (Å²) < 4.78 is 38.9. The number of nitrogens with one attached hydrogen (secondary N) is 1. The molecule has 0 aliphatic heterocycles. The number of nitriles is 1. The number of hydrogen-bond donors (Lipinski definition) is 1. The number of benzene rings is 2. The Morgan fingerprint density at radius 2 is 1.88 bits per heavy atom. The predicted molar refractivity (Wildman–Crippen MR) is 128 cm³/mol. The average molecular weight is 501 g/mol. The molecule has 0 atom stereocenters. The third-order valence-corrected chi connectivity index (χ3v) is 6.83. The normalized spacial score (nSPS) is 11.0. The molecular weight excluding hydrogens is 476 g/mol. The molecule has 1 aromatic heterocycles. The standard InChI is InChI=1S/C23H24N4O5S2/c1-4-20-26-21(33-3)22(32-23(28)31-5-2)27(20)14-16-10-12-17(13-11-16)18-8-6-7-9-19(18)34(29,30)25-15-24/h6-13,25H,4-5,14H2,1-3H3. The minimum absolute atomic E-state index is 0.0157. The van der Waals surface area contributed by atoms with E-state index in [-0.39, 0.29) is 11.5 Å². The van der Waals surface area contributed by atoms with Crippen molar-refractivity contribution >= 4 is 27.9 Å². The van der Waals surface area contributed by atoms with E-state index in [1.807, 2.05) is 34.6 Å².